The summed E-state index contributed by atoms with van der Waals surface area (Å²) in [6.45, 7) is 10.0. The first kappa shape index (κ1) is 30.1. The standard InChI is InChI=1S/C34H30O10/c1-33(2,3)43-31(37)41-29-25(35)21-11-7-9-13-23(21)39-27(29)19-15-17-20(18-16-19)28-30(42-32(38)44-34(4,5)6)26(36)22-12-8-10-14-24(22)40-28/h7-18H,1-6H3. The molecule has 0 saturated heterocycles. The lowest BCUT2D eigenvalue weighted by atomic mass is 10.0. The molecule has 2 aromatic heterocycles. The zero-order valence-electron chi connectivity index (χ0n) is 25.0. The average molecular weight is 599 g/mol. The third-order valence-electron chi connectivity index (χ3n) is 6.07. The van der Waals surface area contributed by atoms with E-state index in [4.69, 9.17) is 27.8 Å². The Balaban J connectivity index is 1.61. The largest absolute Gasteiger partial charge is 0.514 e. The lowest BCUT2D eigenvalue weighted by Crippen LogP contribution is -2.27. The van der Waals surface area contributed by atoms with Gasteiger partial charge in [0.15, 0.2) is 11.5 Å². The molecule has 0 spiro atoms. The van der Waals surface area contributed by atoms with E-state index in [1.54, 1.807) is 114 Å². The zero-order chi connectivity index (χ0) is 31.8. The van der Waals surface area contributed by atoms with Gasteiger partial charge in [-0.2, -0.15) is 0 Å². The predicted octanol–water partition coefficient (Wildman–Crippen LogP) is 7.86. The van der Waals surface area contributed by atoms with Gasteiger partial charge in [0.2, 0.25) is 22.4 Å². The third-order valence-corrected chi connectivity index (χ3v) is 6.07. The van der Waals surface area contributed by atoms with Crippen LogP contribution >= 0.6 is 0 Å². The molecule has 226 valence electrons. The number of carbonyl (C=O) groups is 2. The number of hydrogen-bond acceptors (Lipinski definition) is 10. The Kier molecular flexibility index (Phi) is 7.77. The molecule has 0 unspecified atom stereocenters. The highest BCUT2D eigenvalue weighted by atomic mass is 16.7. The zero-order valence-corrected chi connectivity index (χ0v) is 25.0. The van der Waals surface area contributed by atoms with Gasteiger partial charge >= 0.3 is 12.3 Å². The summed E-state index contributed by atoms with van der Waals surface area (Å²) in [5.74, 6) is -0.735. The van der Waals surface area contributed by atoms with Gasteiger partial charge < -0.3 is 27.8 Å². The lowest BCUT2D eigenvalue weighted by molar-refractivity contribution is 0.0189. The topological polar surface area (TPSA) is 131 Å². The van der Waals surface area contributed by atoms with E-state index in [0.29, 0.717) is 11.1 Å². The summed E-state index contributed by atoms with van der Waals surface area (Å²) in [4.78, 5) is 52.0. The number of fused-ring (bicyclic) bond motifs is 2. The van der Waals surface area contributed by atoms with Crippen molar-refractivity contribution in [3.05, 3.63) is 93.2 Å². The molecule has 0 aliphatic rings. The minimum absolute atomic E-state index is 0.0173. The van der Waals surface area contributed by atoms with Crippen molar-refractivity contribution in [1.29, 1.82) is 0 Å². The minimum Gasteiger partial charge on any atom is -0.452 e. The van der Waals surface area contributed by atoms with Crippen LogP contribution in [0.3, 0.4) is 0 Å². The van der Waals surface area contributed by atoms with Gasteiger partial charge in [-0.15, -0.1) is 0 Å². The summed E-state index contributed by atoms with van der Waals surface area (Å²) in [6.07, 6.45) is -2.14. The summed E-state index contributed by atoms with van der Waals surface area (Å²) < 4.78 is 33.4. The molecular weight excluding hydrogens is 568 g/mol. The number of carbonyl (C=O) groups excluding carboxylic acids is 2. The number of rotatable bonds is 4. The van der Waals surface area contributed by atoms with Crippen molar-refractivity contribution in [2.75, 3.05) is 0 Å². The molecular formula is C34H30O10. The number of benzene rings is 3. The SMILES string of the molecule is CC(C)(C)OC(=O)Oc1c(-c2ccc(-c3oc4ccccc4c(=O)c3OC(=O)OC(C)(C)C)cc2)oc2ccccc2c1=O. The molecule has 0 bridgehead atoms. The Morgan fingerprint density at radius 2 is 0.886 bits per heavy atom. The Labute approximate surface area is 251 Å². The normalized spacial score (nSPS) is 11.8. The molecule has 0 aliphatic heterocycles. The van der Waals surface area contributed by atoms with E-state index in [1.165, 1.54) is 0 Å². The first-order valence-corrected chi connectivity index (χ1v) is 13.7. The van der Waals surface area contributed by atoms with E-state index in [9.17, 15) is 19.2 Å². The second kappa shape index (κ2) is 11.4. The van der Waals surface area contributed by atoms with E-state index in [2.05, 4.69) is 0 Å². The van der Waals surface area contributed by atoms with E-state index in [1.807, 2.05) is 0 Å². The summed E-state index contributed by atoms with van der Waals surface area (Å²) in [6, 6.07) is 19.4. The van der Waals surface area contributed by atoms with Gasteiger partial charge in [-0.05, 0) is 65.8 Å². The van der Waals surface area contributed by atoms with Gasteiger partial charge in [-0.25, -0.2) is 9.59 Å². The number of para-hydroxylation sites is 2. The Bertz CT molecular complexity index is 1860. The number of ether oxygens (including phenoxy) is 4. The van der Waals surface area contributed by atoms with Crippen molar-refractivity contribution in [2.45, 2.75) is 52.7 Å². The van der Waals surface area contributed by atoms with E-state index >= 15 is 0 Å². The summed E-state index contributed by atoms with van der Waals surface area (Å²) in [7, 11) is 0. The van der Waals surface area contributed by atoms with Crippen LogP contribution in [0.15, 0.2) is 91.2 Å². The minimum atomic E-state index is -1.07. The molecule has 0 radical (unpaired) electrons. The van der Waals surface area contributed by atoms with Gasteiger partial charge in [0.05, 0.1) is 10.8 Å². The molecule has 2 heterocycles. The maximum atomic E-state index is 13.4. The van der Waals surface area contributed by atoms with Gasteiger partial charge in [0.25, 0.3) is 0 Å². The molecule has 0 aliphatic carbocycles. The van der Waals surface area contributed by atoms with Gasteiger partial charge in [-0.3, -0.25) is 9.59 Å². The van der Waals surface area contributed by atoms with Crippen LogP contribution in [0.2, 0.25) is 0 Å². The van der Waals surface area contributed by atoms with Crippen LogP contribution in [0.1, 0.15) is 41.5 Å². The second-order valence-electron chi connectivity index (χ2n) is 11.9. The quantitative estimate of drug-likeness (QED) is 0.188. The first-order chi connectivity index (χ1) is 20.7. The molecule has 10 nitrogen and oxygen atoms in total. The third kappa shape index (κ3) is 6.49. The Morgan fingerprint density at radius 1 is 0.545 bits per heavy atom. The second-order valence-corrected chi connectivity index (χ2v) is 11.9. The van der Waals surface area contributed by atoms with Crippen molar-refractivity contribution in [3.8, 4) is 34.1 Å². The van der Waals surface area contributed by atoms with Gasteiger partial charge in [-0.1, -0.05) is 48.5 Å². The van der Waals surface area contributed by atoms with E-state index in [-0.39, 0.29) is 45.0 Å². The monoisotopic (exact) mass is 598 g/mol. The van der Waals surface area contributed by atoms with Crippen molar-refractivity contribution < 1.29 is 37.4 Å². The van der Waals surface area contributed by atoms with Crippen LogP contribution in [0.25, 0.3) is 44.6 Å². The molecule has 3 aromatic carbocycles. The van der Waals surface area contributed by atoms with E-state index < -0.39 is 34.4 Å². The number of hydrogen-bond donors (Lipinski definition) is 0. The van der Waals surface area contributed by atoms with Gasteiger partial charge in [0.1, 0.15) is 22.4 Å². The molecule has 10 heteroatoms. The molecule has 0 amide bonds. The van der Waals surface area contributed by atoms with Crippen LogP contribution in [0, 0.1) is 0 Å². The summed E-state index contributed by atoms with van der Waals surface area (Å²) in [5.41, 5.74) is -1.56. The lowest BCUT2D eigenvalue weighted by Gasteiger charge is -2.19. The smallest absolute Gasteiger partial charge is 0.452 e. The highest BCUT2D eigenvalue weighted by Gasteiger charge is 2.26. The Hall–Kier alpha value is -5.38. The molecule has 0 N–H and O–H groups in total. The fourth-order valence-corrected chi connectivity index (χ4v) is 4.30. The average Bonchev–Trinajstić information content (AvgIpc) is 2.94. The Morgan fingerprint density at radius 3 is 1.23 bits per heavy atom. The maximum absolute atomic E-state index is 13.4. The summed E-state index contributed by atoms with van der Waals surface area (Å²) in [5, 5.41) is 0.432. The summed E-state index contributed by atoms with van der Waals surface area (Å²) >= 11 is 0. The fourth-order valence-electron chi connectivity index (χ4n) is 4.30. The molecule has 0 fully saturated rings. The van der Waals surface area contributed by atoms with Crippen molar-refractivity contribution in [1.82, 2.24) is 0 Å². The molecule has 44 heavy (non-hydrogen) atoms. The molecule has 5 aromatic rings. The maximum Gasteiger partial charge on any atom is 0.514 e. The van der Waals surface area contributed by atoms with Crippen LogP contribution in [0.5, 0.6) is 11.5 Å². The molecule has 5 rings (SSSR count). The van der Waals surface area contributed by atoms with Crippen LogP contribution < -0.4 is 20.3 Å². The van der Waals surface area contributed by atoms with Crippen molar-refractivity contribution >= 4 is 34.2 Å². The first-order valence-electron chi connectivity index (χ1n) is 13.7. The molecule has 0 atom stereocenters. The highest BCUT2D eigenvalue weighted by molar-refractivity contribution is 5.86. The van der Waals surface area contributed by atoms with Crippen LogP contribution in [-0.2, 0) is 9.47 Å². The van der Waals surface area contributed by atoms with Crippen LogP contribution in [-0.4, -0.2) is 23.5 Å². The molecule has 0 saturated carbocycles. The van der Waals surface area contributed by atoms with Crippen molar-refractivity contribution in [3.63, 3.8) is 0 Å². The van der Waals surface area contributed by atoms with E-state index in [0.717, 1.165) is 0 Å². The van der Waals surface area contributed by atoms with Gasteiger partial charge in [0, 0.05) is 11.1 Å². The highest BCUT2D eigenvalue weighted by Crippen LogP contribution is 2.36. The fraction of sp³-hybridized carbons (Fsp3) is 0.235. The van der Waals surface area contributed by atoms with Crippen molar-refractivity contribution in [2.24, 2.45) is 0 Å². The predicted molar refractivity (Wildman–Crippen MR) is 163 cm³/mol. The van der Waals surface area contributed by atoms with Crippen LogP contribution in [0.4, 0.5) is 9.59 Å².